The van der Waals surface area contributed by atoms with Gasteiger partial charge in [0.2, 0.25) is 0 Å². The minimum atomic E-state index is -2.27. The standard InChI is InChI=1S/C43H48N4O/c1-41(2,3)28-19-20-44-39(23-28)47-35-16-12-11-15-33(35)40-34(43(7,8)9)25-32(26-38(40)47)48-31-22-29(42(4,5)6)21-30(24-31)46-27-45(10)36-17-13-14-18-37(36)46/h11-26H,27H2,1-10H3/i10D3. The van der Waals surface area contributed by atoms with Crippen LogP contribution >= 0.6 is 0 Å². The molecule has 6 aromatic rings. The number of anilines is 3. The Kier molecular flexibility index (Phi) is 6.57. The lowest BCUT2D eigenvalue weighted by molar-refractivity contribution is 0.476. The first-order valence-electron chi connectivity index (χ1n) is 18.3. The van der Waals surface area contributed by atoms with Crippen LogP contribution in [0.4, 0.5) is 17.1 Å². The van der Waals surface area contributed by atoms with Crippen molar-refractivity contribution in [3.05, 3.63) is 114 Å². The number of pyridine rings is 1. The van der Waals surface area contributed by atoms with E-state index in [1.807, 2.05) is 36.5 Å². The minimum absolute atomic E-state index is 0.0343. The Morgan fingerprint density at radius 2 is 1.35 bits per heavy atom. The zero-order chi connectivity index (χ0) is 36.7. The molecule has 0 aliphatic carbocycles. The lowest BCUT2D eigenvalue weighted by atomic mass is 9.84. The Labute approximate surface area is 290 Å². The lowest BCUT2D eigenvalue weighted by Gasteiger charge is -2.26. The molecule has 0 N–H and O–H groups in total. The van der Waals surface area contributed by atoms with Crippen molar-refractivity contribution in [2.75, 3.05) is 23.4 Å². The fraction of sp³-hybridized carbons (Fsp3) is 0.326. The van der Waals surface area contributed by atoms with Gasteiger partial charge in [-0.25, -0.2) is 4.98 Å². The van der Waals surface area contributed by atoms with Crippen LogP contribution in [0.2, 0.25) is 0 Å². The van der Waals surface area contributed by atoms with Crippen LogP contribution in [0.5, 0.6) is 11.5 Å². The molecule has 2 aromatic heterocycles. The van der Waals surface area contributed by atoms with Gasteiger partial charge in [0.15, 0.2) is 0 Å². The molecule has 0 bridgehead atoms. The van der Waals surface area contributed by atoms with Gasteiger partial charge >= 0.3 is 0 Å². The molecule has 5 nitrogen and oxygen atoms in total. The van der Waals surface area contributed by atoms with E-state index in [0.717, 1.165) is 39.5 Å². The molecule has 0 unspecified atom stereocenters. The Morgan fingerprint density at radius 1 is 0.667 bits per heavy atom. The average molecular weight is 640 g/mol. The van der Waals surface area contributed by atoms with Gasteiger partial charge in [-0.15, -0.1) is 0 Å². The second-order valence-electron chi connectivity index (χ2n) is 16.2. The number of hydrogen-bond donors (Lipinski definition) is 0. The number of nitrogens with zero attached hydrogens (tertiary/aromatic N) is 4. The third-order valence-electron chi connectivity index (χ3n) is 9.45. The molecular weight excluding hydrogens is 589 g/mol. The van der Waals surface area contributed by atoms with Crippen LogP contribution in [0.1, 0.15) is 83.1 Å². The Hall–Kier alpha value is -4.77. The van der Waals surface area contributed by atoms with Gasteiger partial charge in [0, 0.05) is 45.9 Å². The highest BCUT2D eigenvalue weighted by molar-refractivity contribution is 6.11. The first-order valence-corrected chi connectivity index (χ1v) is 16.8. The van der Waals surface area contributed by atoms with Crippen molar-refractivity contribution in [2.45, 2.75) is 78.6 Å². The first kappa shape index (κ1) is 28.3. The van der Waals surface area contributed by atoms with Crippen molar-refractivity contribution in [1.29, 1.82) is 0 Å². The van der Waals surface area contributed by atoms with Crippen LogP contribution < -0.4 is 14.5 Å². The normalized spacial score (nSPS) is 15.1. The van der Waals surface area contributed by atoms with Gasteiger partial charge in [-0.1, -0.05) is 92.6 Å². The van der Waals surface area contributed by atoms with E-state index in [-0.39, 0.29) is 22.9 Å². The van der Waals surface area contributed by atoms with E-state index in [0.29, 0.717) is 11.4 Å². The van der Waals surface area contributed by atoms with Gasteiger partial charge in [-0.05, 0) is 81.5 Å². The third kappa shape index (κ3) is 5.59. The smallest absolute Gasteiger partial charge is 0.137 e. The number of ether oxygens (including phenoxy) is 1. The van der Waals surface area contributed by atoms with Gasteiger partial charge in [0.25, 0.3) is 0 Å². The Bertz CT molecular complexity index is 2280. The second-order valence-corrected chi connectivity index (χ2v) is 16.2. The second kappa shape index (κ2) is 11.2. The summed E-state index contributed by atoms with van der Waals surface area (Å²) in [5.41, 5.74) is 7.64. The van der Waals surface area contributed by atoms with E-state index in [1.54, 1.807) is 0 Å². The molecule has 0 amide bonds. The lowest BCUT2D eigenvalue weighted by Crippen LogP contribution is -2.24. The van der Waals surface area contributed by atoms with Crippen molar-refractivity contribution < 1.29 is 8.85 Å². The largest absolute Gasteiger partial charge is 0.457 e. The molecule has 0 radical (unpaired) electrons. The summed E-state index contributed by atoms with van der Waals surface area (Å²) in [6.07, 6.45) is 1.91. The summed E-state index contributed by atoms with van der Waals surface area (Å²) in [4.78, 5) is 8.46. The third-order valence-corrected chi connectivity index (χ3v) is 9.45. The van der Waals surface area contributed by atoms with Gasteiger partial charge in [-0.2, -0.15) is 0 Å². The highest BCUT2D eigenvalue weighted by Gasteiger charge is 2.28. The van der Waals surface area contributed by atoms with E-state index in [9.17, 15) is 0 Å². The number of para-hydroxylation sites is 3. The molecule has 3 heterocycles. The summed E-state index contributed by atoms with van der Waals surface area (Å²) in [5, 5.41) is 2.37. The van der Waals surface area contributed by atoms with Crippen molar-refractivity contribution in [3.63, 3.8) is 0 Å². The van der Waals surface area contributed by atoms with Gasteiger partial charge in [0.05, 0.1) is 29.1 Å². The zero-order valence-corrected chi connectivity index (χ0v) is 29.6. The van der Waals surface area contributed by atoms with Gasteiger partial charge in [0.1, 0.15) is 17.3 Å². The molecule has 0 atom stereocenters. The number of benzene rings is 4. The summed E-state index contributed by atoms with van der Waals surface area (Å²) in [5.74, 6) is 2.29. The molecular formula is C43H48N4O. The quantitative estimate of drug-likeness (QED) is 0.192. The fourth-order valence-corrected chi connectivity index (χ4v) is 6.78. The monoisotopic (exact) mass is 639 g/mol. The number of rotatable bonds is 4. The Morgan fingerprint density at radius 3 is 2.06 bits per heavy atom. The molecule has 1 aliphatic rings. The van der Waals surface area contributed by atoms with Crippen molar-refractivity contribution in [1.82, 2.24) is 9.55 Å². The predicted octanol–water partition coefficient (Wildman–Crippen LogP) is 11.4. The van der Waals surface area contributed by atoms with Crippen molar-refractivity contribution >= 4 is 38.9 Å². The number of fused-ring (bicyclic) bond motifs is 4. The molecule has 0 saturated carbocycles. The maximum atomic E-state index is 8.24. The zero-order valence-electron chi connectivity index (χ0n) is 32.6. The fourth-order valence-electron chi connectivity index (χ4n) is 6.78. The first-order chi connectivity index (χ1) is 23.8. The number of hydrogen-bond acceptors (Lipinski definition) is 4. The molecule has 0 fully saturated rings. The van der Waals surface area contributed by atoms with Crippen LogP contribution in [0, 0.1) is 0 Å². The topological polar surface area (TPSA) is 33.5 Å². The summed E-state index contributed by atoms with van der Waals surface area (Å²) in [6.45, 7) is 17.9. The van der Waals surface area contributed by atoms with E-state index in [1.165, 1.54) is 26.8 Å². The van der Waals surface area contributed by atoms with Crippen molar-refractivity contribution in [2.24, 2.45) is 0 Å². The molecule has 48 heavy (non-hydrogen) atoms. The van der Waals surface area contributed by atoms with Crippen LogP contribution in [0.25, 0.3) is 27.6 Å². The number of aromatic nitrogens is 2. The van der Waals surface area contributed by atoms with Crippen LogP contribution in [-0.4, -0.2) is 23.2 Å². The summed E-state index contributed by atoms with van der Waals surface area (Å²) in [6, 6.07) is 31.2. The summed E-state index contributed by atoms with van der Waals surface area (Å²) in [7, 11) is 0. The van der Waals surface area contributed by atoms with E-state index >= 15 is 0 Å². The van der Waals surface area contributed by atoms with E-state index in [4.69, 9.17) is 13.8 Å². The highest BCUT2D eigenvalue weighted by atomic mass is 16.5. The SMILES string of the molecule is [2H]C([2H])([2H])N1CN(c2cc(Oc3cc(C(C)(C)C)c4c5ccccc5n(-c5cc(C(C)(C)C)ccn5)c4c3)cc(C(C)(C)C)c2)c2ccccc21. The Balaban J connectivity index is 1.42. The van der Waals surface area contributed by atoms with Crippen molar-refractivity contribution in [3.8, 4) is 17.3 Å². The molecule has 0 saturated heterocycles. The molecule has 246 valence electrons. The van der Waals surface area contributed by atoms with E-state index in [2.05, 4.69) is 132 Å². The van der Waals surface area contributed by atoms with Gasteiger partial charge < -0.3 is 14.5 Å². The minimum Gasteiger partial charge on any atom is -0.457 e. The summed E-state index contributed by atoms with van der Waals surface area (Å²) < 4.78 is 33.9. The van der Waals surface area contributed by atoms with Crippen LogP contribution in [0.3, 0.4) is 0 Å². The van der Waals surface area contributed by atoms with Crippen LogP contribution in [-0.2, 0) is 16.2 Å². The molecule has 0 spiro atoms. The summed E-state index contributed by atoms with van der Waals surface area (Å²) >= 11 is 0. The molecule has 5 heteroatoms. The maximum Gasteiger partial charge on any atom is 0.137 e. The van der Waals surface area contributed by atoms with E-state index < -0.39 is 6.98 Å². The highest BCUT2D eigenvalue weighted by Crippen LogP contribution is 2.45. The molecule has 1 aliphatic heterocycles. The van der Waals surface area contributed by atoms with Gasteiger partial charge in [-0.3, -0.25) is 4.57 Å². The van der Waals surface area contributed by atoms with Crippen LogP contribution in [0.15, 0.2) is 97.2 Å². The molecule has 7 rings (SSSR count). The average Bonchev–Trinajstić information content (AvgIpc) is 3.60. The predicted molar refractivity (Wildman–Crippen MR) is 203 cm³/mol. The maximum absolute atomic E-state index is 8.24. The molecule has 4 aromatic carbocycles.